The second-order valence-corrected chi connectivity index (χ2v) is 7.47. The fourth-order valence-corrected chi connectivity index (χ4v) is 2.27. The van der Waals surface area contributed by atoms with E-state index in [4.69, 9.17) is 4.74 Å². The minimum atomic E-state index is -0.544. The molecule has 0 fully saturated rings. The number of amides is 1. The quantitative estimate of drug-likeness (QED) is 0.808. The SMILES string of the molecule is CC(C)C(CNc1cnn(C)c(=O)c1Br)NC(=O)OC(C)(C)C. The molecule has 1 atom stereocenters. The van der Waals surface area contributed by atoms with Gasteiger partial charge in [0.2, 0.25) is 0 Å². The molecule has 1 amide bonds. The fourth-order valence-electron chi connectivity index (χ4n) is 1.77. The summed E-state index contributed by atoms with van der Waals surface area (Å²) in [6.07, 6.45) is 1.11. The van der Waals surface area contributed by atoms with Crippen molar-refractivity contribution < 1.29 is 9.53 Å². The summed E-state index contributed by atoms with van der Waals surface area (Å²) >= 11 is 3.26. The molecule has 1 heterocycles. The van der Waals surface area contributed by atoms with E-state index in [1.165, 1.54) is 4.68 Å². The molecule has 0 saturated carbocycles. The zero-order chi connectivity index (χ0) is 17.8. The molecule has 1 rings (SSSR count). The first-order valence-corrected chi connectivity index (χ1v) is 8.25. The normalized spacial score (nSPS) is 12.9. The second kappa shape index (κ2) is 7.81. The van der Waals surface area contributed by atoms with Crippen LogP contribution in [-0.2, 0) is 11.8 Å². The van der Waals surface area contributed by atoms with Gasteiger partial charge in [-0.15, -0.1) is 0 Å². The van der Waals surface area contributed by atoms with Gasteiger partial charge in [-0.05, 0) is 42.6 Å². The van der Waals surface area contributed by atoms with E-state index in [0.717, 1.165) is 0 Å². The standard InChI is InChI=1S/C15H25BrN4O3/c1-9(2)10(19-14(22)23-15(3,4)5)7-17-11-8-18-20(6)13(21)12(11)16/h8-10,17H,7H2,1-6H3,(H,19,22). The molecule has 0 spiro atoms. The number of rotatable bonds is 5. The number of hydrogen-bond acceptors (Lipinski definition) is 5. The third kappa shape index (κ3) is 6.21. The molecule has 0 aromatic carbocycles. The topological polar surface area (TPSA) is 85.3 Å². The highest BCUT2D eigenvalue weighted by molar-refractivity contribution is 9.10. The van der Waals surface area contributed by atoms with Crippen molar-refractivity contribution in [1.82, 2.24) is 15.1 Å². The van der Waals surface area contributed by atoms with E-state index < -0.39 is 11.7 Å². The summed E-state index contributed by atoms with van der Waals surface area (Å²) in [7, 11) is 1.58. The molecule has 8 heteroatoms. The summed E-state index contributed by atoms with van der Waals surface area (Å²) in [5, 5.41) is 9.95. The number of aromatic nitrogens is 2. The number of hydrogen-bond donors (Lipinski definition) is 2. The highest BCUT2D eigenvalue weighted by atomic mass is 79.9. The third-order valence-corrected chi connectivity index (χ3v) is 3.86. The Bertz CT molecular complexity index is 608. The molecule has 23 heavy (non-hydrogen) atoms. The Morgan fingerprint density at radius 1 is 1.43 bits per heavy atom. The van der Waals surface area contributed by atoms with Gasteiger partial charge in [0.05, 0.1) is 17.9 Å². The number of aryl methyl sites for hydroxylation is 1. The number of ether oxygens (including phenoxy) is 1. The number of halogens is 1. The van der Waals surface area contributed by atoms with Crippen molar-refractivity contribution in [3.63, 3.8) is 0 Å². The first-order chi connectivity index (χ1) is 10.5. The Hall–Kier alpha value is -1.57. The number of carbonyl (C=O) groups is 1. The summed E-state index contributed by atoms with van der Waals surface area (Å²) in [4.78, 5) is 23.7. The molecule has 0 radical (unpaired) electrons. The van der Waals surface area contributed by atoms with E-state index in [1.54, 1.807) is 13.2 Å². The van der Waals surface area contributed by atoms with Crippen LogP contribution in [0.3, 0.4) is 0 Å². The lowest BCUT2D eigenvalue weighted by atomic mass is 10.0. The van der Waals surface area contributed by atoms with Crippen LogP contribution >= 0.6 is 15.9 Å². The largest absolute Gasteiger partial charge is 0.444 e. The minimum absolute atomic E-state index is 0.152. The van der Waals surface area contributed by atoms with Gasteiger partial charge in [0.25, 0.3) is 5.56 Å². The molecule has 130 valence electrons. The summed E-state index contributed by atoms with van der Waals surface area (Å²) in [6, 6.07) is -0.152. The molecule has 0 aliphatic rings. The van der Waals surface area contributed by atoms with Gasteiger partial charge in [-0.2, -0.15) is 5.10 Å². The summed E-state index contributed by atoms with van der Waals surface area (Å²) in [6.45, 7) is 9.90. The van der Waals surface area contributed by atoms with Crippen LogP contribution in [0.25, 0.3) is 0 Å². The Morgan fingerprint density at radius 2 is 2.04 bits per heavy atom. The monoisotopic (exact) mass is 388 g/mol. The maximum absolute atomic E-state index is 11.9. The maximum Gasteiger partial charge on any atom is 0.407 e. The Morgan fingerprint density at radius 3 is 2.57 bits per heavy atom. The van der Waals surface area contributed by atoms with E-state index in [9.17, 15) is 9.59 Å². The molecular weight excluding hydrogens is 364 g/mol. The lowest BCUT2D eigenvalue weighted by Gasteiger charge is -2.26. The Balaban J connectivity index is 2.73. The lowest BCUT2D eigenvalue weighted by molar-refractivity contribution is 0.0494. The van der Waals surface area contributed by atoms with Crippen molar-refractivity contribution in [3.8, 4) is 0 Å². The van der Waals surface area contributed by atoms with Gasteiger partial charge >= 0.3 is 6.09 Å². The summed E-state index contributed by atoms with van der Waals surface area (Å²) in [5.74, 6) is 0.188. The van der Waals surface area contributed by atoms with E-state index in [0.29, 0.717) is 16.7 Å². The molecular formula is C15H25BrN4O3. The highest BCUT2D eigenvalue weighted by Gasteiger charge is 2.21. The summed E-state index contributed by atoms with van der Waals surface area (Å²) < 4.78 is 6.93. The van der Waals surface area contributed by atoms with Gasteiger partial charge in [0, 0.05) is 13.6 Å². The predicted octanol–water partition coefficient (Wildman–Crippen LogP) is 2.50. The van der Waals surface area contributed by atoms with Crippen LogP contribution in [0, 0.1) is 5.92 Å². The van der Waals surface area contributed by atoms with Gasteiger partial charge in [0.15, 0.2) is 0 Å². The van der Waals surface area contributed by atoms with Gasteiger partial charge in [-0.1, -0.05) is 13.8 Å². The number of nitrogens with one attached hydrogen (secondary N) is 2. The van der Waals surface area contributed by atoms with Gasteiger partial charge in [0.1, 0.15) is 10.1 Å². The molecule has 1 unspecified atom stereocenters. The minimum Gasteiger partial charge on any atom is -0.444 e. The molecule has 0 aliphatic carbocycles. The van der Waals surface area contributed by atoms with Crippen molar-refractivity contribution >= 4 is 27.7 Å². The van der Waals surface area contributed by atoms with E-state index in [1.807, 2.05) is 34.6 Å². The number of alkyl carbamates (subject to hydrolysis) is 1. The maximum atomic E-state index is 11.9. The second-order valence-electron chi connectivity index (χ2n) is 6.68. The predicted molar refractivity (Wildman–Crippen MR) is 93.7 cm³/mol. The molecule has 1 aromatic rings. The van der Waals surface area contributed by atoms with Crippen molar-refractivity contribution in [3.05, 3.63) is 21.0 Å². The zero-order valence-corrected chi connectivity index (χ0v) is 16.0. The number of nitrogens with zero attached hydrogens (tertiary/aromatic N) is 2. The zero-order valence-electron chi connectivity index (χ0n) is 14.4. The molecule has 1 aromatic heterocycles. The van der Waals surface area contributed by atoms with Crippen molar-refractivity contribution in [2.75, 3.05) is 11.9 Å². The molecule has 0 bridgehead atoms. The van der Waals surface area contributed by atoms with Crippen LogP contribution < -0.4 is 16.2 Å². The average Bonchev–Trinajstić information content (AvgIpc) is 2.40. The molecule has 0 aliphatic heterocycles. The van der Waals surface area contributed by atoms with Crippen molar-refractivity contribution in [1.29, 1.82) is 0 Å². The first-order valence-electron chi connectivity index (χ1n) is 7.46. The van der Waals surface area contributed by atoms with Crippen molar-refractivity contribution in [2.24, 2.45) is 13.0 Å². The van der Waals surface area contributed by atoms with Crippen LogP contribution in [0.4, 0.5) is 10.5 Å². The van der Waals surface area contributed by atoms with Gasteiger partial charge in [-0.25, -0.2) is 9.48 Å². The van der Waals surface area contributed by atoms with Crippen LogP contribution in [0.15, 0.2) is 15.5 Å². The first kappa shape index (κ1) is 19.5. The van der Waals surface area contributed by atoms with E-state index in [-0.39, 0.29) is 17.5 Å². The fraction of sp³-hybridized carbons (Fsp3) is 0.667. The summed E-state index contributed by atoms with van der Waals surface area (Å²) in [5.41, 5.74) is -0.182. The van der Waals surface area contributed by atoms with Crippen LogP contribution in [0.1, 0.15) is 34.6 Å². The lowest BCUT2D eigenvalue weighted by Crippen LogP contribution is -2.45. The number of carbonyl (C=O) groups excluding carboxylic acids is 1. The Kier molecular flexibility index (Phi) is 6.61. The van der Waals surface area contributed by atoms with Crippen LogP contribution in [0.2, 0.25) is 0 Å². The molecule has 7 nitrogen and oxygen atoms in total. The van der Waals surface area contributed by atoms with Gasteiger partial charge < -0.3 is 15.4 Å². The number of anilines is 1. The van der Waals surface area contributed by atoms with Crippen molar-refractivity contribution in [2.45, 2.75) is 46.3 Å². The van der Waals surface area contributed by atoms with Gasteiger partial charge in [-0.3, -0.25) is 4.79 Å². The average molecular weight is 389 g/mol. The smallest absolute Gasteiger partial charge is 0.407 e. The molecule has 0 saturated heterocycles. The third-order valence-electron chi connectivity index (χ3n) is 3.10. The highest BCUT2D eigenvalue weighted by Crippen LogP contribution is 2.16. The van der Waals surface area contributed by atoms with E-state index >= 15 is 0 Å². The van der Waals surface area contributed by atoms with Crippen LogP contribution in [-0.4, -0.2) is 34.1 Å². The van der Waals surface area contributed by atoms with E-state index in [2.05, 4.69) is 31.7 Å². The Labute approximate surface area is 144 Å². The van der Waals surface area contributed by atoms with Crippen LogP contribution in [0.5, 0.6) is 0 Å². The molecule has 2 N–H and O–H groups in total.